The van der Waals surface area contributed by atoms with Gasteiger partial charge < -0.3 is 14.2 Å². The number of amidine groups is 1. The number of likely N-dealkylation sites (N-methyl/N-ethyl adjacent to an activating group) is 1. The Balaban J connectivity index is 1.57. The fraction of sp³-hybridized carbons (Fsp3) is 0.417. The van der Waals surface area contributed by atoms with Crippen molar-refractivity contribution >= 4 is 40.3 Å². The molecule has 2 fully saturated rings. The highest BCUT2D eigenvalue weighted by atomic mass is 32.2. The molecule has 2 aliphatic heterocycles. The van der Waals surface area contributed by atoms with E-state index >= 15 is 0 Å². The van der Waals surface area contributed by atoms with Crippen molar-refractivity contribution in [3.63, 3.8) is 0 Å². The van der Waals surface area contributed by atoms with Gasteiger partial charge in [0.1, 0.15) is 0 Å². The molecular formula is C24H30N4O2S. The first-order valence-electron chi connectivity index (χ1n) is 10.9. The van der Waals surface area contributed by atoms with Crippen molar-refractivity contribution in [1.29, 1.82) is 0 Å². The van der Waals surface area contributed by atoms with Gasteiger partial charge in [0.05, 0.1) is 23.8 Å². The molecule has 2 aliphatic rings. The maximum atomic E-state index is 13.0. The van der Waals surface area contributed by atoms with E-state index in [4.69, 9.17) is 9.73 Å². The fourth-order valence-corrected chi connectivity index (χ4v) is 5.20. The second-order valence-corrected chi connectivity index (χ2v) is 8.75. The van der Waals surface area contributed by atoms with Crippen molar-refractivity contribution in [3.05, 3.63) is 52.2 Å². The SMILES string of the molecule is CCN1C(=O)/C(=C\c2cc(C)n(CC)c2C)SC1=Nc1ccc(N2CCOCC2)cc1. The monoisotopic (exact) mass is 438 g/mol. The maximum Gasteiger partial charge on any atom is 0.266 e. The molecule has 1 amide bonds. The second kappa shape index (κ2) is 9.32. The number of morpholine rings is 1. The molecule has 3 heterocycles. The van der Waals surface area contributed by atoms with Crippen LogP contribution in [0.3, 0.4) is 0 Å². The first kappa shape index (κ1) is 21.7. The molecule has 7 heteroatoms. The normalized spacial score (nSPS) is 19.8. The van der Waals surface area contributed by atoms with Crippen LogP contribution in [-0.4, -0.2) is 53.4 Å². The summed E-state index contributed by atoms with van der Waals surface area (Å²) in [4.78, 5) is 22.6. The molecule has 0 N–H and O–H groups in total. The van der Waals surface area contributed by atoms with E-state index in [1.165, 1.54) is 28.8 Å². The lowest BCUT2D eigenvalue weighted by atomic mass is 10.2. The third-order valence-corrected chi connectivity index (χ3v) is 6.88. The number of ether oxygens (including phenoxy) is 1. The summed E-state index contributed by atoms with van der Waals surface area (Å²) in [5, 5.41) is 0.738. The number of hydrogen-bond donors (Lipinski definition) is 0. The number of thioether (sulfide) groups is 1. The van der Waals surface area contributed by atoms with E-state index < -0.39 is 0 Å². The predicted molar refractivity (Wildman–Crippen MR) is 129 cm³/mol. The lowest BCUT2D eigenvalue weighted by Crippen LogP contribution is -2.36. The number of rotatable bonds is 5. The van der Waals surface area contributed by atoms with E-state index in [0.717, 1.165) is 54.2 Å². The van der Waals surface area contributed by atoms with Gasteiger partial charge in [-0.2, -0.15) is 0 Å². The molecule has 2 saturated heterocycles. The highest BCUT2D eigenvalue weighted by Gasteiger charge is 2.32. The predicted octanol–water partition coefficient (Wildman–Crippen LogP) is 4.59. The Morgan fingerprint density at radius 2 is 1.81 bits per heavy atom. The van der Waals surface area contributed by atoms with Crippen LogP contribution in [0.1, 0.15) is 30.8 Å². The van der Waals surface area contributed by atoms with Crippen molar-refractivity contribution in [2.24, 2.45) is 4.99 Å². The van der Waals surface area contributed by atoms with E-state index in [1.54, 1.807) is 4.90 Å². The second-order valence-electron chi connectivity index (χ2n) is 7.74. The van der Waals surface area contributed by atoms with Gasteiger partial charge in [0.15, 0.2) is 5.17 Å². The number of aromatic nitrogens is 1. The largest absolute Gasteiger partial charge is 0.378 e. The Morgan fingerprint density at radius 1 is 1.10 bits per heavy atom. The summed E-state index contributed by atoms with van der Waals surface area (Å²) in [5.74, 6) is 0.0255. The molecule has 4 rings (SSSR count). The zero-order valence-electron chi connectivity index (χ0n) is 18.7. The van der Waals surface area contributed by atoms with Gasteiger partial charge in [-0.1, -0.05) is 0 Å². The third kappa shape index (κ3) is 4.43. The van der Waals surface area contributed by atoms with Gasteiger partial charge >= 0.3 is 0 Å². The quantitative estimate of drug-likeness (QED) is 0.641. The minimum absolute atomic E-state index is 0.0255. The van der Waals surface area contributed by atoms with Gasteiger partial charge in [0, 0.05) is 43.3 Å². The summed E-state index contributed by atoms with van der Waals surface area (Å²) < 4.78 is 7.69. The van der Waals surface area contributed by atoms with Crippen molar-refractivity contribution < 1.29 is 9.53 Å². The number of aliphatic imine (C=N–C) groups is 1. The Labute approximate surface area is 188 Å². The molecule has 0 spiro atoms. The van der Waals surface area contributed by atoms with Crippen LogP contribution in [0.5, 0.6) is 0 Å². The zero-order chi connectivity index (χ0) is 22.0. The van der Waals surface area contributed by atoms with Crippen LogP contribution < -0.4 is 4.90 Å². The van der Waals surface area contributed by atoms with Crippen LogP contribution >= 0.6 is 11.8 Å². The lowest BCUT2D eigenvalue weighted by Gasteiger charge is -2.28. The highest BCUT2D eigenvalue weighted by molar-refractivity contribution is 8.18. The van der Waals surface area contributed by atoms with Gasteiger partial charge in [-0.15, -0.1) is 0 Å². The average molecular weight is 439 g/mol. The molecule has 6 nitrogen and oxygen atoms in total. The molecule has 1 aromatic heterocycles. The first-order valence-corrected chi connectivity index (χ1v) is 11.7. The topological polar surface area (TPSA) is 50.1 Å². The van der Waals surface area contributed by atoms with Crippen molar-refractivity contribution in [2.45, 2.75) is 34.2 Å². The van der Waals surface area contributed by atoms with Crippen molar-refractivity contribution in [2.75, 3.05) is 37.7 Å². The van der Waals surface area contributed by atoms with Gasteiger partial charge in [-0.25, -0.2) is 4.99 Å². The summed E-state index contributed by atoms with van der Waals surface area (Å²) in [5.41, 5.74) is 5.54. The maximum absolute atomic E-state index is 13.0. The molecule has 31 heavy (non-hydrogen) atoms. The summed E-state index contributed by atoms with van der Waals surface area (Å²) in [6, 6.07) is 10.4. The summed E-state index contributed by atoms with van der Waals surface area (Å²) in [6.07, 6.45) is 2.01. The summed E-state index contributed by atoms with van der Waals surface area (Å²) in [6.45, 7) is 13.2. The molecule has 0 unspecified atom stereocenters. The minimum atomic E-state index is 0.0255. The smallest absolute Gasteiger partial charge is 0.266 e. The Hall–Kier alpha value is -2.51. The Kier molecular flexibility index (Phi) is 6.53. The molecule has 0 atom stereocenters. The Bertz CT molecular complexity index is 1020. The number of nitrogens with zero attached hydrogens (tertiary/aromatic N) is 4. The van der Waals surface area contributed by atoms with Gasteiger partial charge in [0.25, 0.3) is 5.91 Å². The summed E-state index contributed by atoms with van der Waals surface area (Å²) >= 11 is 1.46. The van der Waals surface area contributed by atoms with Crippen LogP contribution in [0.25, 0.3) is 6.08 Å². The van der Waals surface area contributed by atoms with Gasteiger partial charge in [-0.05, 0) is 81.4 Å². The van der Waals surface area contributed by atoms with Crippen LogP contribution in [0, 0.1) is 13.8 Å². The fourth-order valence-electron chi connectivity index (χ4n) is 4.14. The summed E-state index contributed by atoms with van der Waals surface area (Å²) in [7, 11) is 0. The molecule has 0 bridgehead atoms. The lowest BCUT2D eigenvalue weighted by molar-refractivity contribution is -0.122. The van der Waals surface area contributed by atoms with E-state index in [2.05, 4.69) is 48.4 Å². The number of hydrogen-bond acceptors (Lipinski definition) is 5. The van der Waals surface area contributed by atoms with E-state index in [1.807, 2.05) is 25.1 Å². The molecular weight excluding hydrogens is 408 g/mol. The van der Waals surface area contributed by atoms with Gasteiger partial charge in [0.2, 0.25) is 0 Å². The van der Waals surface area contributed by atoms with E-state index in [-0.39, 0.29) is 5.91 Å². The molecule has 0 saturated carbocycles. The zero-order valence-corrected chi connectivity index (χ0v) is 19.5. The van der Waals surface area contributed by atoms with Crippen molar-refractivity contribution in [3.8, 4) is 0 Å². The molecule has 164 valence electrons. The number of amides is 1. The Morgan fingerprint density at radius 3 is 2.42 bits per heavy atom. The number of anilines is 1. The van der Waals surface area contributed by atoms with Crippen LogP contribution in [-0.2, 0) is 16.1 Å². The number of aryl methyl sites for hydroxylation is 1. The standard InChI is InChI=1S/C24H30N4O2S/c1-5-27-17(3)15-19(18(27)4)16-22-23(29)28(6-2)24(31-22)25-20-7-9-21(10-8-20)26-11-13-30-14-12-26/h7-10,15-16H,5-6,11-14H2,1-4H3/b22-16+,25-24?. The number of benzene rings is 1. The number of carbonyl (C=O) groups excluding carboxylic acids is 1. The van der Waals surface area contributed by atoms with E-state index in [9.17, 15) is 4.79 Å². The molecule has 1 aromatic carbocycles. The van der Waals surface area contributed by atoms with Gasteiger partial charge in [-0.3, -0.25) is 9.69 Å². The minimum Gasteiger partial charge on any atom is -0.378 e. The van der Waals surface area contributed by atoms with Crippen LogP contribution in [0.2, 0.25) is 0 Å². The molecule has 0 radical (unpaired) electrons. The van der Waals surface area contributed by atoms with Crippen LogP contribution in [0.4, 0.5) is 11.4 Å². The third-order valence-electron chi connectivity index (χ3n) is 5.87. The molecule has 0 aliphatic carbocycles. The number of carbonyl (C=O) groups is 1. The average Bonchev–Trinajstić information content (AvgIpc) is 3.23. The first-order chi connectivity index (χ1) is 15.0. The highest BCUT2D eigenvalue weighted by Crippen LogP contribution is 2.35. The molecule has 2 aromatic rings. The van der Waals surface area contributed by atoms with Crippen molar-refractivity contribution in [1.82, 2.24) is 9.47 Å². The van der Waals surface area contributed by atoms with Crippen LogP contribution in [0.15, 0.2) is 40.2 Å². The van der Waals surface area contributed by atoms with E-state index in [0.29, 0.717) is 6.54 Å².